The Morgan fingerprint density at radius 3 is 3.00 bits per heavy atom. The molecule has 0 bridgehead atoms. The molecule has 2 heterocycles. The maximum Gasteiger partial charge on any atom is 0.254 e. The van der Waals surface area contributed by atoms with Gasteiger partial charge in [-0.25, -0.2) is 9.37 Å². The summed E-state index contributed by atoms with van der Waals surface area (Å²) in [5, 5.41) is 17.4. The molecule has 0 aliphatic heterocycles. The van der Waals surface area contributed by atoms with Crippen LogP contribution in [0, 0.1) is 5.82 Å². The van der Waals surface area contributed by atoms with Crippen LogP contribution in [-0.2, 0) is 11.3 Å². The van der Waals surface area contributed by atoms with E-state index in [-0.39, 0.29) is 11.6 Å². The predicted octanol–water partition coefficient (Wildman–Crippen LogP) is 2.21. The van der Waals surface area contributed by atoms with Crippen molar-refractivity contribution in [2.45, 2.75) is 12.7 Å². The van der Waals surface area contributed by atoms with Crippen molar-refractivity contribution in [1.29, 1.82) is 0 Å². The van der Waals surface area contributed by atoms with E-state index in [1.807, 2.05) is 0 Å². The zero-order chi connectivity index (χ0) is 17.1. The van der Waals surface area contributed by atoms with E-state index >= 15 is 0 Å². The Hall–Kier alpha value is -2.29. The maximum absolute atomic E-state index is 13.5. The first kappa shape index (κ1) is 16.6. The van der Waals surface area contributed by atoms with E-state index < -0.39 is 11.9 Å². The lowest BCUT2D eigenvalue weighted by atomic mass is 10.1. The smallest absolute Gasteiger partial charge is 0.254 e. The molecule has 126 valence electrons. The summed E-state index contributed by atoms with van der Waals surface area (Å²) in [6.45, 7) is 0.468. The molecule has 9 heteroatoms. The van der Waals surface area contributed by atoms with E-state index in [1.54, 1.807) is 19.2 Å². The summed E-state index contributed by atoms with van der Waals surface area (Å²) < 4.78 is 20.1. The molecule has 1 aromatic carbocycles. The summed E-state index contributed by atoms with van der Waals surface area (Å²) in [5.74, 6) is 0.440. The standard InChI is InChI=1S/C15H15ClFN5O2/c1-24-7-10-5-14(22-15(21-10)19-8-20-22)18-6-13(23)9-2-3-11(16)12(17)4-9/h2-5,8,13,18,23H,6-7H2,1H3. The van der Waals surface area contributed by atoms with Crippen LogP contribution in [0.3, 0.4) is 0 Å². The van der Waals surface area contributed by atoms with Crippen LogP contribution in [0.5, 0.6) is 0 Å². The lowest BCUT2D eigenvalue weighted by Crippen LogP contribution is -2.15. The second-order valence-electron chi connectivity index (χ2n) is 5.11. The SMILES string of the molecule is COCc1cc(NCC(O)c2ccc(Cl)c(F)c2)n2ncnc2n1. The molecule has 0 radical (unpaired) electrons. The fraction of sp³-hybridized carbons (Fsp3) is 0.267. The number of halogens is 2. The zero-order valence-electron chi connectivity index (χ0n) is 12.8. The Labute approximate surface area is 142 Å². The van der Waals surface area contributed by atoms with Gasteiger partial charge >= 0.3 is 0 Å². The molecule has 3 rings (SSSR count). The van der Waals surface area contributed by atoms with Crippen molar-refractivity contribution < 1.29 is 14.2 Å². The van der Waals surface area contributed by atoms with Crippen LogP contribution >= 0.6 is 11.6 Å². The maximum atomic E-state index is 13.5. The fourth-order valence-electron chi connectivity index (χ4n) is 2.25. The highest BCUT2D eigenvalue weighted by Gasteiger charge is 2.13. The minimum Gasteiger partial charge on any atom is -0.387 e. The van der Waals surface area contributed by atoms with E-state index in [0.29, 0.717) is 29.5 Å². The number of hydrogen-bond acceptors (Lipinski definition) is 6. The van der Waals surface area contributed by atoms with Gasteiger partial charge in [0, 0.05) is 19.7 Å². The summed E-state index contributed by atoms with van der Waals surface area (Å²) in [4.78, 5) is 8.34. The first-order chi connectivity index (χ1) is 11.6. The monoisotopic (exact) mass is 351 g/mol. The molecule has 7 nitrogen and oxygen atoms in total. The zero-order valence-corrected chi connectivity index (χ0v) is 13.5. The number of aliphatic hydroxyl groups is 1. The lowest BCUT2D eigenvalue weighted by Gasteiger charge is -2.14. The molecule has 0 fully saturated rings. The topological polar surface area (TPSA) is 84.6 Å². The fourth-order valence-corrected chi connectivity index (χ4v) is 2.37. The van der Waals surface area contributed by atoms with Gasteiger partial charge in [0.05, 0.1) is 23.4 Å². The van der Waals surface area contributed by atoms with Gasteiger partial charge in [0.25, 0.3) is 5.78 Å². The van der Waals surface area contributed by atoms with Gasteiger partial charge in [-0.3, -0.25) is 0 Å². The summed E-state index contributed by atoms with van der Waals surface area (Å²) >= 11 is 5.65. The molecule has 2 aromatic heterocycles. The molecule has 2 N–H and O–H groups in total. The van der Waals surface area contributed by atoms with Crippen molar-refractivity contribution in [1.82, 2.24) is 19.6 Å². The number of anilines is 1. The van der Waals surface area contributed by atoms with E-state index in [2.05, 4.69) is 20.4 Å². The number of nitrogens with one attached hydrogen (secondary N) is 1. The van der Waals surface area contributed by atoms with Crippen molar-refractivity contribution in [3.05, 3.63) is 52.7 Å². The largest absolute Gasteiger partial charge is 0.387 e. The molecular formula is C15H15ClFN5O2. The van der Waals surface area contributed by atoms with E-state index in [1.165, 1.54) is 23.0 Å². The van der Waals surface area contributed by atoms with Crippen LogP contribution in [0.1, 0.15) is 17.4 Å². The van der Waals surface area contributed by atoms with Crippen LogP contribution in [0.15, 0.2) is 30.6 Å². The first-order valence-corrected chi connectivity index (χ1v) is 7.51. The number of aromatic nitrogens is 4. The molecule has 1 unspecified atom stereocenters. The van der Waals surface area contributed by atoms with Crippen molar-refractivity contribution in [3.8, 4) is 0 Å². The molecular weight excluding hydrogens is 337 g/mol. The van der Waals surface area contributed by atoms with Gasteiger partial charge in [0.2, 0.25) is 0 Å². The van der Waals surface area contributed by atoms with E-state index in [4.69, 9.17) is 16.3 Å². The van der Waals surface area contributed by atoms with Gasteiger partial charge in [-0.05, 0) is 17.7 Å². The van der Waals surface area contributed by atoms with Crippen molar-refractivity contribution in [2.75, 3.05) is 19.0 Å². The molecule has 0 saturated carbocycles. The van der Waals surface area contributed by atoms with E-state index in [9.17, 15) is 9.50 Å². The molecule has 0 aliphatic carbocycles. The average molecular weight is 352 g/mol. The van der Waals surface area contributed by atoms with Crippen LogP contribution in [0.25, 0.3) is 5.78 Å². The predicted molar refractivity (Wildman–Crippen MR) is 86.4 cm³/mol. The number of ether oxygens (including phenoxy) is 1. The second-order valence-corrected chi connectivity index (χ2v) is 5.52. The summed E-state index contributed by atoms with van der Waals surface area (Å²) in [5.41, 5.74) is 1.10. The van der Waals surface area contributed by atoms with Gasteiger partial charge in [0.15, 0.2) is 0 Å². The third-order valence-electron chi connectivity index (χ3n) is 3.40. The van der Waals surface area contributed by atoms with Gasteiger partial charge in [-0.1, -0.05) is 17.7 Å². The number of methoxy groups -OCH3 is 1. The molecule has 0 spiro atoms. The molecule has 0 amide bonds. The van der Waals surface area contributed by atoms with Gasteiger partial charge in [0.1, 0.15) is 18.0 Å². The Kier molecular flexibility index (Phi) is 4.89. The van der Waals surface area contributed by atoms with Crippen LogP contribution in [0.2, 0.25) is 5.02 Å². The number of hydrogen-bond donors (Lipinski definition) is 2. The van der Waals surface area contributed by atoms with Crippen molar-refractivity contribution >= 4 is 23.2 Å². The van der Waals surface area contributed by atoms with E-state index in [0.717, 1.165) is 0 Å². The first-order valence-electron chi connectivity index (χ1n) is 7.14. The minimum absolute atomic E-state index is 0.0153. The molecule has 0 aliphatic rings. The summed E-state index contributed by atoms with van der Waals surface area (Å²) in [7, 11) is 1.57. The molecule has 3 aromatic rings. The van der Waals surface area contributed by atoms with Crippen molar-refractivity contribution in [3.63, 3.8) is 0 Å². The highest BCUT2D eigenvalue weighted by atomic mass is 35.5. The highest BCUT2D eigenvalue weighted by molar-refractivity contribution is 6.30. The Morgan fingerprint density at radius 2 is 2.25 bits per heavy atom. The Morgan fingerprint density at radius 1 is 1.42 bits per heavy atom. The Balaban J connectivity index is 1.79. The minimum atomic E-state index is -0.922. The lowest BCUT2D eigenvalue weighted by molar-refractivity contribution is 0.181. The van der Waals surface area contributed by atoms with Crippen LogP contribution in [0.4, 0.5) is 10.2 Å². The third kappa shape index (κ3) is 3.45. The average Bonchev–Trinajstić information content (AvgIpc) is 3.03. The van der Waals surface area contributed by atoms with Gasteiger partial charge in [-0.15, -0.1) is 0 Å². The molecule has 24 heavy (non-hydrogen) atoms. The number of fused-ring (bicyclic) bond motifs is 1. The number of aliphatic hydroxyl groups excluding tert-OH is 1. The number of benzene rings is 1. The normalized spacial score (nSPS) is 12.5. The molecule has 0 saturated heterocycles. The number of rotatable bonds is 6. The van der Waals surface area contributed by atoms with Gasteiger partial charge in [-0.2, -0.15) is 14.6 Å². The molecule has 1 atom stereocenters. The Bertz CT molecular complexity index is 857. The summed E-state index contributed by atoms with van der Waals surface area (Å²) in [6.07, 6.45) is 0.462. The number of nitrogens with zero attached hydrogens (tertiary/aromatic N) is 4. The highest BCUT2D eigenvalue weighted by Crippen LogP contribution is 2.21. The summed E-state index contributed by atoms with van der Waals surface area (Å²) in [6, 6.07) is 5.95. The second kappa shape index (κ2) is 7.08. The quantitative estimate of drug-likeness (QED) is 0.708. The van der Waals surface area contributed by atoms with Gasteiger partial charge < -0.3 is 15.2 Å². The third-order valence-corrected chi connectivity index (χ3v) is 3.71. The van der Waals surface area contributed by atoms with Crippen molar-refractivity contribution in [2.24, 2.45) is 0 Å². The van der Waals surface area contributed by atoms with Crippen LogP contribution < -0.4 is 5.32 Å². The van der Waals surface area contributed by atoms with Crippen LogP contribution in [-0.4, -0.2) is 38.3 Å².